The van der Waals surface area contributed by atoms with E-state index in [4.69, 9.17) is 14.2 Å². The number of carbonyl (C=O) groups is 1. The summed E-state index contributed by atoms with van der Waals surface area (Å²) in [6.07, 6.45) is -4.33. The molecule has 1 amide bonds. The van der Waals surface area contributed by atoms with Crippen molar-refractivity contribution in [3.63, 3.8) is 0 Å². The van der Waals surface area contributed by atoms with Crippen molar-refractivity contribution < 1.29 is 29.2 Å². The van der Waals surface area contributed by atoms with Gasteiger partial charge in [-0.1, -0.05) is 18.2 Å². The first kappa shape index (κ1) is 16.4. The van der Waals surface area contributed by atoms with Gasteiger partial charge in [0.1, 0.15) is 24.4 Å². The van der Waals surface area contributed by atoms with E-state index in [2.05, 4.69) is 5.32 Å². The van der Waals surface area contributed by atoms with Gasteiger partial charge in [-0.3, -0.25) is 4.79 Å². The van der Waals surface area contributed by atoms with Crippen molar-refractivity contribution in [1.29, 1.82) is 0 Å². The number of fused-ring (bicyclic) bond motifs is 1. The lowest BCUT2D eigenvalue weighted by Crippen LogP contribution is -2.46. The van der Waals surface area contributed by atoms with Crippen molar-refractivity contribution in [2.45, 2.75) is 50.3 Å². The highest BCUT2D eigenvalue weighted by Crippen LogP contribution is 2.38. The number of rotatable bonds is 4. The molecule has 7 nitrogen and oxygen atoms in total. The smallest absolute Gasteiger partial charge is 0.251 e. The quantitative estimate of drug-likeness (QED) is 0.722. The molecule has 126 valence electrons. The van der Waals surface area contributed by atoms with Crippen molar-refractivity contribution in [2.24, 2.45) is 0 Å². The van der Waals surface area contributed by atoms with Crippen molar-refractivity contribution in [2.75, 3.05) is 6.54 Å². The van der Waals surface area contributed by atoms with Crippen LogP contribution in [0.4, 0.5) is 0 Å². The van der Waals surface area contributed by atoms with E-state index in [0.29, 0.717) is 5.56 Å². The summed E-state index contributed by atoms with van der Waals surface area (Å²) in [6, 6.07) is 8.68. The van der Waals surface area contributed by atoms with Gasteiger partial charge in [-0.2, -0.15) is 0 Å². The van der Waals surface area contributed by atoms with E-state index in [1.54, 1.807) is 38.1 Å². The average Bonchev–Trinajstić information content (AvgIpc) is 2.99. The third-order valence-electron chi connectivity index (χ3n) is 3.94. The second-order valence-corrected chi connectivity index (χ2v) is 6.20. The highest BCUT2D eigenvalue weighted by atomic mass is 16.8. The summed E-state index contributed by atoms with van der Waals surface area (Å²) >= 11 is 0. The van der Waals surface area contributed by atoms with Crippen LogP contribution < -0.4 is 5.32 Å². The van der Waals surface area contributed by atoms with Crippen LogP contribution in [0.25, 0.3) is 0 Å². The molecule has 2 aliphatic heterocycles. The van der Waals surface area contributed by atoms with E-state index < -0.39 is 36.5 Å². The molecule has 1 aromatic rings. The summed E-state index contributed by atoms with van der Waals surface area (Å²) in [5, 5.41) is 23.0. The number of hydrogen-bond acceptors (Lipinski definition) is 6. The molecule has 0 unspecified atom stereocenters. The minimum Gasteiger partial charge on any atom is -0.388 e. The second kappa shape index (κ2) is 6.18. The molecule has 0 spiro atoms. The number of benzene rings is 1. The van der Waals surface area contributed by atoms with Gasteiger partial charge < -0.3 is 29.7 Å². The van der Waals surface area contributed by atoms with Crippen LogP contribution in [0, 0.1) is 0 Å². The Morgan fingerprint density at radius 3 is 2.65 bits per heavy atom. The molecule has 3 rings (SSSR count). The molecule has 0 aromatic heterocycles. The van der Waals surface area contributed by atoms with Crippen molar-refractivity contribution in [1.82, 2.24) is 5.32 Å². The fourth-order valence-electron chi connectivity index (χ4n) is 2.84. The Morgan fingerprint density at radius 2 is 2.00 bits per heavy atom. The molecule has 2 saturated heterocycles. The third-order valence-corrected chi connectivity index (χ3v) is 3.94. The zero-order valence-electron chi connectivity index (χ0n) is 13.0. The largest absolute Gasteiger partial charge is 0.388 e. The highest BCUT2D eigenvalue weighted by molar-refractivity contribution is 5.94. The van der Waals surface area contributed by atoms with Crippen molar-refractivity contribution in [3.8, 4) is 0 Å². The van der Waals surface area contributed by atoms with E-state index in [-0.39, 0.29) is 12.5 Å². The summed E-state index contributed by atoms with van der Waals surface area (Å²) < 4.78 is 16.6. The van der Waals surface area contributed by atoms with E-state index in [0.717, 1.165) is 0 Å². The van der Waals surface area contributed by atoms with Crippen LogP contribution in [0.2, 0.25) is 0 Å². The molecule has 2 aliphatic rings. The SMILES string of the molecule is CC1(C)O[C@@H]2O[C@@H]([C@@H](O)CNC(=O)c3ccccc3)[C@@H](O)[C@@H]2O1. The minimum atomic E-state index is -1.07. The van der Waals surface area contributed by atoms with Crippen LogP contribution >= 0.6 is 0 Å². The van der Waals surface area contributed by atoms with Gasteiger partial charge in [0.05, 0.1) is 0 Å². The fraction of sp³-hybridized carbons (Fsp3) is 0.562. The predicted octanol–water partition coefficient (Wildman–Crippen LogP) is 0.0146. The third kappa shape index (κ3) is 3.39. The van der Waals surface area contributed by atoms with Crippen LogP contribution in [-0.4, -0.2) is 59.2 Å². The second-order valence-electron chi connectivity index (χ2n) is 6.20. The first-order valence-corrected chi connectivity index (χ1v) is 7.58. The molecule has 0 bridgehead atoms. The van der Waals surface area contributed by atoms with Gasteiger partial charge in [-0.25, -0.2) is 0 Å². The zero-order chi connectivity index (χ0) is 16.6. The summed E-state index contributed by atoms with van der Waals surface area (Å²) in [7, 11) is 0. The van der Waals surface area contributed by atoms with Crippen molar-refractivity contribution >= 4 is 5.91 Å². The molecule has 7 heteroatoms. The first-order valence-electron chi connectivity index (χ1n) is 7.58. The number of ether oxygens (including phenoxy) is 3. The minimum absolute atomic E-state index is 0.0434. The zero-order valence-corrected chi connectivity index (χ0v) is 13.0. The maximum atomic E-state index is 12.0. The molecule has 2 fully saturated rings. The fourth-order valence-corrected chi connectivity index (χ4v) is 2.84. The predicted molar refractivity (Wildman–Crippen MR) is 79.5 cm³/mol. The van der Waals surface area contributed by atoms with Gasteiger partial charge in [0.25, 0.3) is 5.91 Å². The average molecular weight is 323 g/mol. The number of nitrogens with one attached hydrogen (secondary N) is 1. The maximum absolute atomic E-state index is 12.0. The molecule has 0 radical (unpaired) electrons. The van der Waals surface area contributed by atoms with Crippen LogP contribution in [0.3, 0.4) is 0 Å². The van der Waals surface area contributed by atoms with Gasteiger partial charge in [-0.05, 0) is 26.0 Å². The van der Waals surface area contributed by atoms with Gasteiger partial charge in [0.15, 0.2) is 12.1 Å². The molecular formula is C16H21NO6. The van der Waals surface area contributed by atoms with Gasteiger partial charge in [0, 0.05) is 12.1 Å². The molecule has 23 heavy (non-hydrogen) atoms. The molecule has 0 saturated carbocycles. The van der Waals surface area contributed by atoms with E-state index in [1.165, 1.54) is 0 Å². The molecule has 1 aromatic carbocycles. The lowest BCUT2D eigenvalue weighted by atomic mass is 10.1. The van der Waals surface area contributed by atoms with E-state index >= 15 is 0 Å². The summed E-state index contributed by atoms with van der Waals surface area (Å²) in [4.78, 5) is 12.0. The van der Waals surface area contributed by atoms with Crippen LogP contribution in [0.5, 0.6) is 0 Å². The number of amides is 1. The number of aliphatic hydroxyl groups excluding tert-OH is 2. The molecule has 0 aliphatic carbocycles. The Bertz CT molecular complexity index is 563. The van der Waals surface area contributed by atoms with Crippen LogP contribution in [0.1, 0.15) is 24.2 Å². The standard InChI is InChI=1S/C16H21NO6/c1-16(2)22-13-11(19)12(21-15(13)23-16)10(18)8-17-14(20)9-6-4-3-5-7-9/h3-7,10-13,15,18-19H,8H2,1-2H3,(H,17,20)/t10-,11+,12-,13-,15-/m0/s1. The van der Waals surface area contributed by atoms with Crippen molar-refractivity contribution in [3.05, 3.63) is 35.9 Å². The van der Waals surface area contributed by atoms with Gasteiger partial charge in [0.2, 0.25) is 0 Å². The normalized spacial score (nSPS) is 33.2. The number of aliphatic hydroxyl groups is 2. The van der Waals surface area contributed by atoms with Gasteiger partial charge in [-0.15, -0.1) is 0 Å². The van der Waals surface area contributed by atoms with Gasteiger partial charge >= 0.3 is 0 Å². The maximum Gasteiger partial charge on any atom is 0.251 e. The summed E-state index contributed by atoms with van der Waals surface area (Å²) in [5.41, 5.74) is 0.498. The number of hydrogen-bond donors (Lipinski definition) is 3. The van der Waals surface area contributed by atoms with E-state index in [1.807, 2.05) is 6.07 Å². The Morgan fingerprint density at radius 1 is 1.30 bits per heavy atom. The monoisotopic (exact) mass is 323 g/mol. The molecule has 2 heterocycles. The summed E-state index contributed by atoms with van der Waals surface area (Å²) in [5.74, 6) is -1.13. The molecule has 3 N–H and O–H groups in total. The van der Waals surface area contributed by atoms with E-state index in [9.17, 15) is 15.0 Å². The lowest BCUT2D eigenvalue weighted by Gasteiger charge is -2.26. The lowest BCUT2D eigenvalue weighted by molar-refractivity contribution is -0.225. The molecular weight excluding hydrogens is 302 g/mol. The topological polar surface area (TPSA) is 97.2 Å². The Kier molecular flexibility index (Phi) is 4.39. The highest BCUT2D eigenvalue weighted by Gasteiger charge is 2.55. The first-order chi connectivity index (χ1) is 10.9. The Hall–Kier alpha value is -1.51. The Balaban J connectivity index is 1.54. The van der Waals surface area contributed by atoms with Crippen LogP contribution in [-0.2, 0) is 14.2 Å². The number of carbonyl (C=O) groups excluding carboxylic acids is 1. The molecule has 5 atom stereocenters. The van der Waals surface area contributed by atoms with Crippen LogP contribution in [0.15, 0.2) is 30.3 Å². The summed E-state index contributed by atoms with van der Waals surface area (Å²) in [6.45, 7) is 3.41. The Labute approximate surface area is 134 Å².